The number of halogens is 2. The van der Waals surface area contributed by atoms with E-state index < -0.39 is 17.4 Å². The van der Waals surface area contributed by atoms with Crippen molar-refractivity contribution in [2.75, 3.05) is 46.3 Å². The smallest absolute Gasteiger partial charge is 0.198 e. The lowest BCUT2D eigenvalue weighted by atomic mass is 10.1. The van der Waals surface area contributed by atoms with Crippen LogP contribution in [0.25, 0.3) is 10.9 Å². The first-order valence-corrected chi connectivity index (χ1v) is 12.6. The van der Waals surface area contributed by atoms with E-state index in [1.807, 2.05) is 14.0 Å². The van der Waals surface area contributed by atoms with Crippen LogP contribution in [-0.4, -0.2) is 57.2 Å². The van der Waals surface area contributed by atoms with E-state index in [9.17, 15) is 13.6 Å². The Morgan fingerprint density at radius 1 is 0.950 bits per heavy atom. The summed E-state index contributed by atoms with van der Waals surface area (Å²) in [6.07, 6.45) is 6.15. The molecule has 0 atom stereocenters. The molecule has 0 radical (unpaired) electrons. The molecule has 0 aliphatic rings. The van der Waals surface area contributed by atoms with Gasteiger partial charge in [-0.2, -0.15) is 0 Å². The van der Waals surface area contributed by atoms with Gasteiger partial charge < -0.3 is 29.6 Å². The second kappa shape index (κ2) is 15.2. The lowest BCUT2D eigenvalue weighted by Crippen LogP contribution is -2.11. The fraction of sp³-hybridized carbons (Fsp3) is 0.276. The molecule has 2 heterocycles. The van der Waals surface area contributed by atoms with Gasteiger partial charge in [-0.3, -0.25) is 14.8 Å². The van der Waals surface area contributed by atoms with Crippen LogP contribution in [0.3, 0.4) is 0 Å². The van der Waals surface area contributed by atoms with E-state index in [-0.39, 0.29) is 5.75 Å². The summed E-state index contributed by atoms with van der Waals surface area (Å²) in [5.41, 5.74) is 1.36. The minimum absolute atomic E-state index is 0.255. The van der Waals surface area contributed by atoms with Crippen LogP contribution in [0.5, 0.6) is 28.7 Å². The van der Waals surface area contributed by atoms with Crippen molar-refractivity contribution in [1.29, 1.82) is 0 Å². The number of aromatic nitrogens is 2. The Morgan fingerprint density at radius 2 is 1.70 bits per heavy atom. The summed E-state index contributed by atoms with van der Waals surface area (Å²) in [6.45, 7) is 3.77. The van der Waals surface area contributed by atoms with Crippen LogP contribution in [0.15, 0.2) is 55.0 Å². The second-order valence-electron chi connectivity index (χ2n) is 8.22. The Kier molecular flexibility index (Phi) is 11.4. The number of anilines is 1. The Balaban J connectivity index is 0.000000336. The number of fused-ring (bicyclic) bond motifs is 1. The molecule has 0 bridgehead atoms. The predicted molar refractivity (Wildman–Crippen MR) is 149 cm³/mol. The zero-order chi connectivity index (χ0) is 28.9. The molecular weight excluding hydrogens is 522 g/mol. The van der Waals surface area contributed by atoms with Crippen molar-refractivity contribution in [3.05, 3.63) is 72.2 Å². The van der Waals surface area contributed by atoms with Crippen molar-refractivity contribution in [3.8, 4) is 28.7 Å². The van der Waals surface area contributed by atoms with E-state index in [2.05, 4.69) is 20.6 Å². The number of ether oxygens (including phenoxy) is 4. The van der Waals surface area contributed by atoms with Crippen LogP contribution in [0.1, 0.15) is 23.7 Å². The van der Waals surface area contributed by atoms with Gasteiger partial charge >= 0.3 is 0 Å². The highest BCUT2D eigenvalue weighted by atomic mass is 19.1. The first-order chi connectivity index (χ1) is 19.4. The van der Waals surface area contributed by atoms with Gasteiger partial charge in [0.25, 0.3) is 0 Å². The number of rotatable bonds is 12. The minimum Gasteiger partial charge on any atom is -0.493 e. The molecule has 0 saturated heterocycles. The highest BCUT2D eigenvalue weighted by molar-refractivity contribution is 5.88. The van der Waals surface area contributed by atoms with Crippen LogP contribution < -0.4 is 29.6 Å². The number of nitrogens with zero attached hydrogens (tertiary/aromatic N) is 2. The molecular formula is C29H32F2N4O5. The van der Waals surface area contributed by atoms with E-state index in [4.69, 9.17) is 18.9 Å². The van der Waals surface area contributed by atoms with E-state index in [1.54, 1.807) is 37.5 Å². The number of carbonyl (C=O) groups is 1. The number of hydrogen-bond acceptors (Lipinski definition) is 9. The highest BCUT2D eigenvalue weighted by Gasteiger charge is 2.17. The van der Waals surface area contributed by atoms with Gasteiger partial charge in [0.2, 0.25) is 0 Å². The monoisotopic (exact) mass is 554 g/mol. The first kappa shape index (κ1) is 30.0. The van der Waals surface area contributed by atoms with Gasteiger partial charge in [-0.1, -0.05) is 0 Å². The molecule has 2 aromatic heterocycles. The summed E-state index contributed by atoms with van der Waals surface area (Å²) >= 11 is 0. The third-order valence-corrected chi connectivity index (χ3v) is 5.55. The van der Waals surface area contributed by atoms with Crippen molar-refractivity contribution in [1.82, 2.24) is 15.3 Å². The van der Waals surface area contributed by atoms with Gasteiger partial charge in [-0.05, 0) is 45.1 Å². The Labute approximate surface area is 231 Å². The summed E-state index contributed by atoms with van der Waals surface area (Å²) < 4.78 is 50.6. The topological polar surface area (TPSA) is 104 Å². The molecule has 0 fully saturated rings. The van der Waals surface area contributed by atoms with Crippen molar-refractivity contribution in [2.45, 2.75) is 13.3 Å². The zero-order valence-electron chi connectivity index (χ0n) is 22.8. The molecule has 0 amide bonds. The van der Waals surface area contributed by atoms with Crippen molar-refractivity contribution < 1.29 is 32.5 Å². The van der Waals surface area contributed by atoms with Crippen LogP contribution in [0, 0.1) is 11.6 Å². The van der Waals surface area contributed by atoms with Crippen molar-refractivity contribution >= 4 is 22.9 Å². The summed E-state index contributed by atoms with van der Waals surface area (Å²) in [5.74, 6) is -0.236. The zero-order valence-corrected chi connectivity index (χ0v) is 22.8. The number of aldehydes is 1. The van der Waals surface area contributed by atoms with E-state index in [0.717, 1.165) is 19.3 Å². The fourth-order valence-corrected chi connectivity index (χ4v) is 3.60. The number of methoxy groups -OCH3 is 1. The summed E-state index contributed by atoms with van der Waals surface area (Å²) in [5, 5.41) is 6.29. The number of hydrogen-bond donors (Lipinski definition) is 2. The van der Waals surface area contributed by atoms with Gasteiger partial charge in [0.05, 0.1) is 31.4 Å². The fourth-order valence-electron chi connectivity index (χ4n) is 3.60. The number of nitrogens with one attached hydrogen (secondary N) is 2. The molecule has 4 rings (SSSR count). The van der Waals surface area contributed by atoms with Gasteiger partial charge in [0.15, 0.2) is 35.2 Å². The first-order valence-electron chi connectivity index (χ1n) is 12.6. The van der Waals surface area contributed by atoms with E-state index >= 15 is 0 Å². The molecule has 9 nitrogen and oxygen atoms in total. The molecule has 0 aliphatic carbocycles. The van der Waals surface area contributed by atoms with E-state index in [1.165, 1.54) is 31.6 Å². The molecule has 40 heavy (non-hydrogen) atoms. The molecule has 0 saturated carbocycles. The number of benzene rings is 2. The third-order valence-electron chi connectivity index (χ3n) is 5.55. The number of carbonyl (C=O) groups excluding carboxylic acids is 1. The minimum atomic E-state index is -0.809. The number of pyridine rings is 2. The molecule has 4 aromatic rings. The Hall–Kier alpha value is -4.51. The molecule has 2 aromatic carbocycles. The van der Waals surface area contributed by atoms with E-state index in [0.29, 0.717) is 52.6 Å². The van der Waals surface area contributed by atoms with Gasteiger partial charge in [-0.25, -0.2) is 8.78 Å². The maximum Gasteiger partial charge on any atom is 0.198 e. The predicted octanol–water partition coefficient (Wildman–Crippen LogP) is 5.64. The maximum atomic E-state index is 14.3. The lowest BCUT2D eigenvalue weighted by Gasteiger charge is -2.14. The normalized spacial score (nSPS) is 10.3. The molecule has 0 unspecified atom stereocenters. The maximum absolute atomic E-state index is 14.3. The van der Waals surface area contributed by atoms with Gasteiger partial charge in [-0.15, -0.1) is 0 Å². The van der Waals surface area contributed by atoms with Crippen LogP contribution in [0.2, 0.25) is 0 Å². The van der Waals surface area contributed by atoms with Crippen molar-refractivity contribution in [2.24, 2.45) is 0 Å². The Morgan fingerprint density at radius 3 is 2.35 bits per heavy atom. The average Bonchev–Trinajstić information content (AvgIpc) is 2.97. The summed E-state index contributed by atoms with van der Waals surface area (Å²) in [4.78, 5) is 18.5. The van der Waals surface area contributed by atoms with Gasteiger partial charge in [0.1, 0.15) is 11.5 Å². The molecule has 0 spiro atoms. The van der Waals surface area contributed by atoms with Crippen LogP contribution in [0.4, 0.5) is 14.5 Å². The van der Waals surface area contributed by atoms with Crippen LogP contribution in [-0.2, 0) is 0 Å². The molecule has 2 N–H and O–H groups in total. The highest BCUT2D eigenvalue weighted by Crippen LogP contribution is 2.38. The molecule has 0 aliphatic heterocycles. The molecule has 11 heteroatoms. The Bertz CT molecular complexity index is 1400. The third kappa shape index (κ3) is 7.76. The SMILES string of the molecule is CCOc1ccncc1C=O.CNCCCOc1cc2nccc(Oc3c(F)cc(NC)cc3F)c2cc1OC. The van der Waals surface area contributed by atoms with Crippen LogP contribution >= 0.6 is 0 Å². The standard InChI is InChI=1S/C21H23F2N3O3.C8H9NO2/c1-24-6-4-8-28-20-12-17-14(11-19(20)27-3)18(5-7-26-17)29-21-15(22)9-13(25-2)10-16(21)23;1-2-11-8-3-4-9-5-7(8)6-10/h5,7,9-12,24-25H,4,6,8H2,1-3H3;3-6H,2H2,1H3. The quantitative estimate of drug-likeness (QED) is 0.170. The molecule has 212 valence electrons. The van der Waals surface area contributed by atoms with Crippen molar-refractivity contribution in [3.63, 3.8) is 0 Å². The average molecular weight is 555 g/mol. The lowest BCUT2D eigenvalue weighted by molar-refractivity contribution is 0.111. The largest absolute Gasteiger partial charge is 0.493 e. The van der Waals surface area contributed by atoms with Gasteiger partial charge in [0, 0.05) is 54.9 Å². The second-order valence-corrected chi connectivity index (χ2v) is 8.22. The summed E-state index contributed by atoms with van der Waals surface area (Å²) in [7, 11) is 4.98. The summed E-state index contributed by atoms with van der Waals surface area (Å²) in [6, 6.07) is 8.95.